The number of likely N-dealkylation sites (N-methyl/N-ethyl adjacent to an activating group) is 1. The number of carbonyl (C=O) groups is 1. The van der Waals surface area contributed by atoms with E-state index in [1.54, 1.807) is 7.11 Å². The van der Waals surface area contributed by atoms with E-state index in [1.807, 2.05) is 25.1 Å². The van der Waals surface area contributed by atoms with Crippen molar-refractivity contribution in [3.8, 4) is 5.75 Å². The van der Waals surface area contributed by atoms with Crippen molar-refractivity contribution >= 4 is 5.97 Å². The second-order valence-corrected chi connectivity index (χ2v) is 8.07. The van der Waals surface area contributed by atoms with Crippen LogP contribution in [0.15, 0.2) is 18.2 Å². The van der Waals surface area contributed by atoms with Crippen LogP contribution in [0.1, 0.15) is 30.0 Å². The zero-order chi connectivity index (χ0) is 19.4. The predicted octanol–water partition coefficient (Wildman–Crippen LogP) is 2.09. The number of piperidine rings is 1. The van der Waals surface area contributed by atoms with Crippen LogP contribution in [0.5, 0.6) is 5.75 Å². The van der Waals surface area contributed by atoms with Gasteiger partial charge in [0.2, 0.25) is 0 Å². The number of piperazine rings is 1. The third-order valence-electron chi connectivity index (χ3n) is 6.04. The molecule has 1 unspecified atom stereocenters. The Kier molecular flexibility index (Phi) is 6.73. The van der Waals surface area contributed by atoms with Gasteiger partial charge in [-0.3, -0.25) is 9.69 Å². The second-order valence-electron chi connectivity index (χ2n) is 8.07. The lowest BCUT2D eigenvalue weighted by atomic mass is 9.93. The summed E-state index contributed by atoms with van der Waals surface area (Å²) in [5.74, 6) is 0.530. The third-order valence-corrected chi connectivity index (χ3v) is 6.04. The molecule has 2 saturated heterocycles. The van der Waals surface area contributed by atoms with Gasteiger partial charge in [0.25, 0.3) is 0 Å². The molecule has 0 spiro atoms. The molecule has 1 N–H and O–H groups in total. The summed E-state index contributed by atoms with van der Waals surface area (Å²) in [7, 11) is 3.79. The number of hydrogen-bond acceptors (Lipinski definition) is 5. The van der Waals surface area contributed by atoms with Crippen LogP contribution in [0.4, 0.5) is 0 Å². The molecule has 0 radical (unpaired) electrons. The van der Waals surface area contributed by atoms with Crippen molar-refractivity contribution in [2.45, 2.75) is 25.8 Å². The molecule has 27 heavy (non-hydrogen) atoms. The van der Waals surface area contributed by atoms with Crippen LogP contribution in [-0.2, 0) is 4.79 Å². The van der Waals surface area contributed by atoms with Gasteiger partial charge in [0.05, 0.1) is 7.11 Å². The van der Waals surface area contributed by atoms with E-state index in [-0.39, 0.29) is 0 Å². The molecule has 2 aliphatic rings. The SMILES string of the molecule is COc1ccc(C)cc1C(C(=O)O)N1CCC(CN2CCN(C)CC2)CC1. The summed E-state index contributed by atoms with van der Waals surface area (Å²) in [6, 6.07) is 5.16. The number of benzene rings is 1. The van der Waals surface area contributed by atoms with Crippen molar-refractivity contribution < 1.29 is 14.6 Å². The number of aliphatic carboxylic acids is 1. The van der Waals surface area contributed by atoms with Gasteiger partial charge in [0.1, 0.15) is 11.8 Å². The normalized spacial score (nSPS) is 21.9. The van der Waals surface area contributed by atoms with E-state index >= 15 is 0 Å². The van der Waals surface area contributed by atoms with E-state index in [9.17, 15) is 9.90 Å². The first-order valence-electron chi connectivity index (χ1n) is 10.00. The van der Waals surface area contributed by atoms with Crippen LogP contribution in [0.3, 0.4) is 0 Å². The van der Waals surface area contributed by atoms with Crippen molar-refractivity contribution in [1.82, 2.24) is 14.7 Å². The molecule has 0 bridgehead atoms. The molecule has 2 aliphatic heterocycles. The highest BCUT2D eigenvalue weighted by molar-refractivity contribution is 5.77. The Labute approximate surface area is 162 Å². The monoisotopic (exact) mass is 375 g/mol. The lowest BCUT2D eigenvalue weighted by Gasteiger charge is -2.39. The van der Waals surface area contributed by atoms with Gasteiger partial charge in [0, 0.05) is 38.3 Å². The molecule has 2 heterocycles. The van der Waals surface area contributed by atoms with Crippen molar-refractivity contribution in [2.24, 2.45) is 5.92 Å². The average Bonchev–Trinajstić information content (AvgIpc) is 2.65. The average molecular weight is 376 g/mol. The summed E-state index contributed by atoms with van der Waals surface area (Å²) in [5, 5.41) is 9.93. The first kappa shape index (κ1) is 20.1. The highest BCUT2D eigenvalue weighted by atomic mass is 16.5. The van der Waals surface area contributed by atoms with Crippen molar-refractivity contribution in [3.63, 3.8) is 0 Å². The molecule has 1 aromatic rings. The van der Waals surface area contributed by atoms with E-state index in [2.05, 4.69) is 21.7 Å². The minimum atomic E-state index is -0.795. The lowest BCUT2D eigenvalue weighted by molar-refractivity contribution is -0.144. The molecule has 0 aliphatic carbocycles. The fourth-order valence-electron chi connectivity index (χ4n) is 4.34. The molecule has 1 aromatic carbocycles. The van der Waals surface area contributed by atoms with Crippen LogP contribution in [0.25, 0.3) is 0 Å². The standard InChI is InChI=1S/C21H33N3O3/c1-16-4-5-19(27-3)18(14-16)20(21(25)26)24-8-6-17(7-9-24)15-23-12-10-22(2)11-13-23/h4-5,14,17,20H,6-13,15H2,1-3H3,(H,25,26). The van der Waals surface area contributed by atoms with Gasteiger partial charge in [-0.25, -0.2) is 0 Å². The minimum Gasteiger partial charge on any atom is -0.496 e. The van der Waals surface area contributed by atoms with Gasteiger partial charge in [-0.2, -0.15) is 0 Å². The van der Waals surface area contributed by atoms with Crippen LogP contribution in [0, 0.1) is 12.8 Å². The quantitative estimate of drug-likeness (QED) is 0.822. The Hall–Kier alpha value is -1.63. The first-order chi connectivity index (χ1) is 13.0. The van der Waals surface area contributed by atoms with Gasteiger partial charge in [-0.15, -0.1) is 0 Å². The maximum absolute atomic E-state index is 12.1. The molecular weight excluding hydrogens is 342 g/mol. The number of hydrogen-bond donors (Lipinski definition) is 1. The number of aryl methyl sites for hydroxylation is 1. The molecule has 1 atom stereocenters. The zero-order valence-corrected chi connectivity index (χ0v) is 16.9. The van der Waals surface area contributed by atoms with E-state index in [0.717, 1.165) is 69.8 Å². The summed E-state index contributed by atoms with van der Waals surface area (Å²) < 4.78 is 5.45. The molecule has 0 saturated carbocycles. The number of ether oxygens (including phenoxy) is 1. The van der Waals surface area contributed by atoms with Gasteiger partial charge in [0.15, 0.2) is 0 Å². The molecule has 0 amide bonds. The Balaban J connectivity index is 1.62. The summed E-state index contributed by atoms with van der Waals surface area (Å²) in [6.45, 7) is 9.38. The summed E-state index contributed by atoms with van der Waals surface area (Å²) >= 11 is 0. The lowest BCUT2D eigenvalue weighted by Crippen LogP contribution is -2.48. The van der Waals surface area contributed by atoms with Crippen molar-refractivity contribution in [3.05, 3.63) is 29.3 Å². The molecule has 2 fully saturated rings. The van der Waals surface area contributed by atoms with Crippen LogP contribution >= 0.6 is 0 Å². The van der Waals surface area contributed by atoms with E-state index < -0.39 is 12.0 Å². The fraction of sp³-hybridized carbons (Fsp3) is 0.667. The van der Waals surface area contributed by atoms with Crippen LogP contribution in [0.2, 0.25) is 0 Å². The van der Waals surface area contributed by atoms with Crippen LogP contribution < -0.4 is 4.74 Å². The van der Waals surface area contributed by atoms with E-state index in [1.165, 1.54) is 0 Å². The van der Waals surface area contributed by atoms with Crippen LogP contribution in [-0.4, -0.2) is 85.7 Å². The maximum Gasteiger partial charge on any atom is 0.325 e. The van der Waals surface area contributed by atoms with Crippen molar-refractivity contribution in [1.29, 1.82) is 0 Å². The minimum absolute atomic E-state index is 0.635. The number of likely N-dealkylation sites (tertiary alicyclic amines) is 1. The summed E-state index contributed by atoms with van der Waals surface area (Å²) in [4.78, 5) is 19.2. The molecule has 6 heteroatoms. The van der Waals surface area contributed by atoms with Gasteiger partial charge >= 0.3 is 5.97 Å². The van der Waals surface area contributed by atoms with Gasteiger partial charge in [-0.1, -0.05) is 17.7 Å². The van der Waals surface area contributed by atoms with Gasteiger partial charge < -0.3 is 19.6 Å². The number of carboxylic acid groups (broad SMARTS) is 1. The maximum atomic E-state index is 12.1. The van der Waals surface area contributed by atoms with E-state index in [4.69, 9.17) is 4.74 Å². The molecule has 6 nitrogen and oxygen atoms in total. The number of carboxylic acids is 1. The number of rotatable bonds is 6. The van der Waals surface area contributed by atoms with Gasteiger partial charge in [-0.05, 0) is 51.9 Å². The fourth-order valence-corrected chi connectivity index (χ4v) is 4.34. The topological polar surface area (TPSA) is 56.3 Å². The predicted molar refractivity (Wildman–Crippen MR) is 106 cm³/mol. The van der Waals surface area contributed by atoms with Crippen molar-refractivity contribution in [2.75, 3.05) is 60.0 Å². The number of methoxy groups -OCH3 is 1. The largest absolute Gasteiger partial charge is 0.496 e. The molecule has 0 aromatic heterocycles. The Morgan fingerprint density at radius 2 is 1.85 bits per heavy atom. The van der Waals surface area contributed by atoms with E-state index in [0.29, 0.717) is 11.7 Å². The molecule has 150 valence electrons. The Morgan fingerprint density at radius 1 is 1.19 bits per heavy atom. The molecular formula is C21H33N3O3. The third kappa shape index (κ3) is 5.00. The molecule has 3 rings (SSSR count). The summed E-state index contributed by atoms with van der Waals surface area (Å²) in [5.41, 5.74) is 1.82. The first-order valence-corrected chi connectivity index (χ1v) is 10.00. The number of nitrogens with zero attached hydrogens (tertiary/aromatic N) is 3. The zero-order valence-electron chi connectivity index (χ0n) is 16.9. The smallest absolute Gasteiger partial charge is 0.325 e. The Morgan fingerprint density at radius 3 is 2.44 bits per heavy atom. The second kappa shape index (κ2) is 9.04. The summed E-state index contributed by atoms with van der Waals surface area (Å²) in [6.07, 6.45) is 2.12. The highest BCUT2D eigenvalue weighted by Crippen LogP contribution is 2.33. The Bertz CT molecular complexity index is 636. The highest BCUT2D eigenvalue weighted by Gasteiger charge is 2.33.